The quantitative estimate of drug-likeness (QED) is 0.389. The first-order valence-electron chi connectivity index (χ1n) is 9.17. The number of nitrogens with zero attached hydrogens (tertiary/aromatic N) is 1. The van der Waals surface area contributed by atoms with Crippen molar-refractivity contribution in [3.05, 3.63) is 56.5 Å². The Hall–Kier alpha value is -2.61. The van der Waals surface area contributed by atoms with Crippen LogP contribution in [0.3, 0.4) is 0 Å². The molecule has 6 nitrogen and oxygen atoms in total. The van der Waals surface area contributed by atoms with Gasteiger partial charge in [0.2, 0.25) is 0 Å². The average molecular weight is 432 g/mol. The molecule has 4 aromatic rings. The lowest BCUT2D eigenvalue weighted by Crippen LogP contribution is -2.24. The van der Waals surface area contributed by atoms with E-state index in [0.717, 1.165) is 24.9 Å². The van der Waals surface area contributed by atoms with Gasteiger partial charge in [0.05, 0.1) is 27.3 Å². The number of fused-ring (bicyclic) bond motifs is 2. The van der Waals surface area contributed by atoms with Crippen molar-refractivity contribution in [2.24, 2.45) is 0 Å². The molecule has 0 unspecified atom stereocenters. The van der Waals surface area contributed by atoms with E-state index in [0.29, 0.717) is 38.6 Å². The van der Waals surface area contributed by atoms with Gasteiger partial charge in [-0.15, -0.1) is 0 Å². The van der Waals surface area contributed by atoms with Crippen LogP contribution in [-0.2, 0) is 0 Å². The van der Waals surface area contributed by atoms with E-state index in [2.05, 4.69) is 25.6 Å². The number of hydrogen-bond acceptors (Lipinski definition) is 4. The van der Waals surface area contributed by atoms with Gasteiger partial charge in [0.15, 0.2) is 0 Å². The summed E-state index contributed by atoms with van der Waals surface area (Å²) in [6.45, 7) is 1.69. The molecule has 1 saturated heterocycles. The van der Waals surface area contributed by atoms with E-state index in [9.17, 15) is 9.18 Å². The maximum absolute atomic E-state index is 13.9. The molecule has 29 heavy (non-hydrogen) atoms. The average Bonchev–Trinajstić information content (AvgIpc) is 3.32. The highest BCUT2D eigenvalue weighted by atomic mass is 35.5. The number of anilines is 1. The molecule has 0 amide bonds. The Balaban J connectivity index is 1.77. The van der Waals surface area contributed by atoms with Gasteiger partial charge in [-0.25, -0.2) is 9.37 Å². The first-order valence-corrected chi connectivity index (χ1v) is 9.93. The summed E-state index contributed by atoms with van der Waals surface area (Å²) in [5.41, 5.74) is 2.29. The first kappa shape index (κ1) is 18.4. The van der Waals surface area contributed by atoms with Crippen molar-refractivity contribution in [3.8, 4) is 11.4 Å². The number of aromatic nitrogens is 3. The highest BCUT2D eigenvalue weighted by Crippen LogP contribution is 2.33. The minimum Gasteiger partial charge on any atom is -0.380 e. The molecular weight excluding hydrogens is 416 g/mol. The number of hydrogen-bond donors (Lipinski definition) is 4. The molecule has 1 aliphatic rings. The van der Waals surface area contributed by atoms with Crippen molar-refractivity contribution in [2.75, 3.05) is 18.4 Å². The monoisotopic (exact) mass is 431 g/mol. The number of pyridine rings is 1. The summed E-state index contributed by atoms with van der Waals surface area (Å²) in [5, 5.41) is 8.12. The molecule has 0 bridgehead atoms. The van der Waals surface area contributed by atoms with Gasteiger partial charge in [-0.05, 0) is 37.2 Å². The van der Waals surface area contributed by atoms with Crippen molar-refractivity contribution in [1.82, 2.24) is 20.3 Å². The number of halogens is 3. The summed E-state index contributed by atoms with van der Waals surface area (Å²) in [5.74, 6) is -0.231. The van der Waals surface area contributed by atoms with Crippen molar-refractivity contribution in [3.63, 3.8) is 0 Å². The van der Waals surface area contributed by atoms with Crippen LogP contribution >= 0.6 is 23.2 Å². The lowest BCUT2D eigenvalue weighted by molar-refractivity contribution is 0.630. The highest BCUT2D eigenvalue weighted by Gasteiger charge is 2.22. The van der Waals surface area contributed by atoms with Crippen LogP contribution in [0, 0.1) is 5.82 Å². The zero-order valence-electron chi connectivity index (χ0n) is 15.1. The van der Waals surface area contributed by atoms with Gasteiger partial charge < -0.3 is 20.6 Å². The third-order valence-electron chi connectivity index (χ3n) is 5.15. The van der Waals surface area contributed by atoms with Gasteiger partial charge in [-0.1, -0.05) is 23.2 Å². The van der Waals surface area contributed by atoms with Crippen LogP contribution in [0.4, 0.5) is 10.1 Å². The summed E-state index contributed by atoms with van der Waals surface area (Å²) >= 11 is 12.1. The highest BCUT2D eigenvalue weighted by molar-refractivity contribution is 6.31. The van der Waals surface area contributed by atoms with E-state index in [1.54, 1.807) is 18.2 Å². The maximum Gasteiger partial charge on any atom is 0.261 e. The van der Waals surface area contributed by atoms with E-state index in [1.807, 2.05) is 0 Å². The van der Waals surface area contributed by atoms with E-state index >= 15 is 0 Å². The lowest BCUT2D eigenvalue weighted by Gasteiger charge is -2.18. The van der Waals surface area contributed by atoms with Crippen LogP contribution < -0.4 is 16.2 Å². The van der Waals surface area contributed by atoms with Crippen LogP contribution in [-0.4, -0.2) is 34.1 Å². The second kappa shape index (κ2) is 7.02. The van der Waals surface area contributed by atoms with Crippen LogP contribution in [0.25, 0.3) is 33.3 Å². The predicted octanol–water partition coefficient (Wildman–Crippen LogP) is 4.29. The molecule has 0 radical (unpaired) electrons. The fraction of sp³-hybridized carbons (Fsp3) is 0.200. The smallest absolute Gasteiger partial charge is 0.261 e. The minimum atomic E-state index is -0.563. The molecule has 4 N–H and O–H groups in total. The van der Waals surface area contributed by atoms with E-state index < -0.39 is 5.82 Å². The molecule has 1 fully saturated rings. The molecular formula is C20H16Cl2FN5O. The standard InChI is InChI=1S/C20H16Cl2FN5O/c21-9-1-2-14-11(5-9)18(25-10-3-4-24-8-10)17(20(29)28-14)19-26-15-6-12(22)13(23)7-16(15)27-19/h1-2,5-7,10,24H,3-4,8H2,(H,26,27)(H2,25,28,29)/t10-/m1/s1. The third kappa shape index (κ3) is 3.25. The minimum absolute atomic E-state index is 0.0118. The third-order valence-corrected chi connectivity index (χ3v) is 5.67. The molecule has 5 rings (SSSR count). The van der Waals surface area contributed by atoms with E-state index in [-0.39, 0.29) is 16.6 Å². The van der Waals surface area contributed by atoms with Gasteiger partial charge in [0, 0.05) is 29.1 Å². The van der Waals surface area contributed by atoms with Crippen molar-refractivity contribution >= 4 is 50.8 Å². The molecule has 1 atom stereocenters. The van der Waals surface area contributed by atoms with Crippen molar-refractivity contribution in [1.29, 1.82) is 0 Å². The largest absolute Gasteiger partial charge is 0.380 e. The zero-order valence-corrected chi connectivity index (χ0v) is 16.6. The number of aromatic amines is 2. The number of imidazole rings is 1. The van der Waals surface area contributed by atoms with E-state index in [4.69, 9.17) is 23.2 Å². The second-order valence-electron chi connectivity index (χ2n) is 7.10. The predicted molar refractivity (Wildman–Crippen MR) is 115 cm³/mol. The topological polar surface area (TPSA) is 85.6 Å². The molecule has 2 aromatic carbocycles. The molecule has 0 spiro atoms. The second-order valence-corrected chi connectivity index (χ2v) is 7.94. The van der Waals surface area contributed by atoms with Crippen LogP contribution in [0.1, 0.15) is 6.42 Å². The Bertz CT molecular complexity index is 1270. The fourth-order valence-corrected chi connectivity index (χ4v) is 4.08. The van der Waals surface area contributed by atoms with Gasteiger partial charge in [-0.3, -0.25) is 4.79 Å². The molecule has 2 aromatic heterocycles. The zero-order chi connectivity index (χ0) is 20.1. The SMILES string of the molecule is O=c1[nH]c2ccc(Cl)cc2c(N[C@@H]2CCNC2)c1-c1nc2cc(F)c(Cl)cc2[nH]1. The lowest BCUT2D eigenvalue weighted by atomic mass is 10.1. The fourth-order valence-electron chi connectivity index (χ4n) is 3.75. The number of rotatable bonds is 3. The molecule has 1 aliphatic heterocycles. The molecule has 9 heteroatoms. The Morgan fingerprint density at radius 3 is 2.79 bits per heavy atom. The number of benzene rings is 2. The Morgan fingerprint density at radius 1 is 1.14 bits per heavy atom. The normalized spacial score (nSPS) is 16.7. The van der Waals surface area contributed by atoms with Crippen molar-refractivity contribution < 1.29 is 4.39 Å². The van der Waals surface area contributed by atoms with Crippen LogP contribution in [0.15, 0.2) is 35.1 Å². The van der Waals surface area contributed by atoms with Gasteiger partial charge in [-0.2, -0.15) is 0 Å². The Morgan fingerprint density at radius 2 is 2.00 bits per heavy atom. The van der Waals surface area contributed by atoms with Crippen LogP contribution in [0.2, 0.25) is 10.0 Å². The summed E-state index contributed by atoms with van der Waals surface area (Å²) in [6, 6.07) is 8.18. The first-order chi connectivity index (χ1) is 14.0. The van der Waals surface area contributed by atoms with Gasteiger partial charge in [0.1, 0.15) is 17.2 Å². The number of nitrogens with one attached hydrogen (secondary N) is 4. The van der Waals surface area contributed by atoms with Gasteiger partial charge in [0.25, 0.3) is 5.56 Å². The molecule has 148 valence electrons. The van der Waals surface area contributed by atoms with E-state index in [1.165, 1.54) is 12.1 Å². The summed E-state index contributed by atoms with van der Waals surface area (Å²) in [4.78, 5) is 23.4. The molecule has 3 heterocycles. The van der Waals surface area contributed by atoms with Gasteiger partial charge >= 0.3 is 0 Å². The van der Waals surface area contributed by atoms with Crippen LogP contribution in [0.5, 0.6) is 0 Å². The summed E-state index contributed by atoms with van der Waals surface area (Å²) < 4.78 is 13.9. The molecule has 0 saturated carbocycles. The Kier molecular flexibility index (Phi) is 4.46. The maximum atomic E-state index is 13.9. The number of H-pyrrole nitrogens is 2. The summed E-state index contributed by atoms with van der Waals surface area (Å²) in [6.07, 6.45) is 0.926. The molecule has 0 aliphatic carbocycles. The summed E-state index contributed by atoms with van der Waals surface area (Å²) in [7, 11) is 0. The van der Waals surface area contributed by atoms with Crippen molar-refractivity contribution in [2.45, 2.75) is 12.5 Å². The Labute approximate surface area is 174 Å².